The van der Waals surface area contributed by atoms with Crippen molar-refractivity contribution in [3.8, 4) is 0 Å². The Kier molecular flexibility index (Phi) is 4.87. The Balaban J connectivity index is 1.98. The number of benzene rings is 1. The van der Waals surface area contributed by atoms with Crippen LogP contribution in [0, 0.1) is 17.0 Å². The molecule has 1 atom stereocenters. The molecular weight excluding hydrogens is 294 g/mol. The topological polar surface area (TPSA) is 107 Å². The Morgan fingerprint density at radius 1 is 1.32 bits per heavy atom. The molecule has 1 heterocycles. The molecule has 1 aliphatic rings. The SMILES string of the molecule is N=C(N)NCCNC(=O)N1N=CC[C@H]1c1cc(F)cc(F)c1. The number of nitrogens with two attached hydrogens (primary N) is 1. The second kappa shape index (κ2) is 6.83. The van der Waals surface area contributed by atoms with Gasteiger partial charge in [-0.1, -0.05) is 0 Å². The van der Waals surface area contributed by atoms with Gasteiger partial charge >= 0.3 is 6.03 Å². The fourth-order valence-corrected chi connectivity index (χ4v) is 2.10. The third-order valence-corrected chi connectivity index (χ3v) is 3.02. The normalized spacial score (nSPS) is 16.6. The standard InChI is InChI=1S/C13H16F2N6O/c14-9-5-8(6-10(15)7-9)11-1-2-20-21(11)13(22)19-4-3-18-12(16)17/h2,5-7,11H,1,3-4H2,(H,19,22)(H4,16,17,18)/t11-/m0/s1. The molecular formula is C13H16F2N6O. The highest BCUT2D eigenvalue weighted by Gasteiger charge is 2.28. The summed E-state index contributed by atoms with van der Waals surface area (Å²) in [5, 5.41) is 17.2. The van der Waals surface area contributed by atoms with Gasteiger partial charge in [-0.25, -0.2) is 18.6 Å². The van der Waals surface area contributed by atoms with Crippen LogP contribution in [0.3, 0.4) is 0 Å². The van der Waals surface area contributed by atoms with Crippen molar-refractivity contribution in [1.82, 2.24) is 15.6 Å². The Morgan fingerprint density at radius 3 is 2.59 bits per heavy atom. The zero-order valence-electron chi connectivity index (χ0n) is 11.6. The molecule has 1 aliphatic heterocycles. The molecule has 2 amide bonds. The maximum Gasteiger partial charge on any atom is 0.338 e. The van der Waals surface area contributed by atoms with Crippen LogP contribution in [-0.4, -0.2) is 36.3 Å². The summed E-state index contributed by atoms with van der Waals surface area (Å²) in [6, 6.07) is 2.09. The van der Waals surface area contributed by atoms with Gasteiger partial charge in [-0.3, -0.25) is 5.41 Å². The number of hydrogen-bond donors (Lipinski definition) is 4. The van der Waals surface area contributed by atoms with Crippen LogP contribution in [0.4, 0.5) is 13.6 Å². The van der Waals surface area contributed by atoms with Crippen molar-refractivity contribution in [1.29, 1.82) is 5.41 Å². The summed E-state index contributed by atoms with van der Waals surface area (Å²) in [5.74, 6) is -1.60. The van der Waals surface area contributed by atoms with Gasteiger partial charge in [0.2, 0.25) is 0 Å². The van der Waals surface area contributed by atoms with Crippen molar-refractivity contribution in [2.75, 3.05) is 13.1 Å². The molecule has 1 aromatic carbocycles. The minimum atomic E-state index is -0.701. The van der Waals surface area contributed by atoms with E-state index in [0.717, 1.165) is 11.1 Å². The molecule has 22 heavy (non-hydrogen) atoms. The van der Waals surface area contributed by atoms with Crippen LogP contribution in [0.15, 0.2) is 23.3 Å². The summed E-state index contributed by atoms with van der Waals surface area (Å²) in [6.07, 6.45) is 1.89. The van der Waals surface area contributed by atoms with E-state index in [4.69, 9.17) is 11.1 Å². The third-order valence-electron chi connectivity index (χ3n) is 3.02. The molecule has 0 bridgehead atoms. The van der Waals surface area contributed by atoms with E-state index < -0.39 is 23.7 Å². The first-order valence-corrected chi connectivity index (χ1v) is 6.61. The van der Waals surface area contributed by atoms with E-state index in [1.807, 2.05) is 0 Å². The van der Waals surface area contributed by atoms with Crippen molar-refractivity contribution in [2.45, 2.75) is 12.5 Å². The summed E-state index contributed by atoms with van der Waals surface area (Å²) in [6.45, 7) is 0.520. The number of carbonyl (C=O) groups is 1. The molecule has 0 aliphatic carbocycles. The van der Waals surface area contributed by atoms with Crippen molar-refractivity contribution in [3.63, 3.8) is 0 Å². The number of amides is 2. The fourth-order valence-electron chi connectivity index (χ4n) is 2.10. The van der Waals surface area contributed by atoms with Gasteiger partial charge in [0, 0.05) is 31.8 Å². The largest absolute Gasteiger partial charge is 0.370 e. The summed E-state index contributed by atoms with van der Waals surface area (Å²) < 4.78 is 26.6. The second-order valence-corrected chi connectivity index (χ2v) is 4.67. The molecule has 2 rings (SSSR count). The van der Waals surface area contributed by atoms with Gasteiger partial charge in [0.05, 0.1) is 6.04 Å². The minimum Gasteiger partial charge on any atom is -0.370 e. The number of guanidine groups is 1. The first-order valence-electron chi connectivity index (χ1n) is 6.61. The van der Waals surface area contributed by atoms with Crippen molar-refractivity contribution < 1.29 is 13.6 Å². The molecule has 0 saturated heterocycles. The zero-order chi connectivity index (χ0) is 16.1. The van der Waals surface area contributed by atoms with Crippen LogP contribution >= 0.6 is 0 Å². The maximum absolute atomic E-state index is 13.3. The van der Waals surface area contributed by atoms with E-state index in [2.05, 4.69) is 15.7 Å². The molecule has 5 N–H and O–H groups in total. The minimum absolute atomic E-state index is 0.193. The van der Waals surface area contributed by atoms with Gasteiger partial charge in [0.1, 0.15) is 11.6 Å². The lowest BCUT2D eigenvalue weighted by molar-refractivity contribution is 0.186. The first-order chi connectivity index (χ1) is 10.5. The van der Waals surface area contributed by atoms with Crippen LogP contribution in [0.25, 0.3) is 0 Å². The predicted molar refractivity (Wildman–Crippen MR) is 77.4 cm³/mol. The van der Waals surface area contributed by atoms with Crippen LogP contribution in [-0.2, 0) is 0 Å². The monoisotopic (exact) mass is 310 g/mol. The zero-order valence-corrected chi connectivity index (χ0v) is 11.6. The lowest BCUT2D eigenvalue weighted by Crippen LogP contribution is -2.42. The number of rotatable bonds is 4. The maximum atomic E-state index is 13.3. The first kappa shape index (κ1) is 15.7. The van der Waals surface area contributed by atoms with E-state index in [-0.39, 0.29) is 19.0 Å². The van der Waals surface area contributed by atoms with E-state index in [1.54, 1.807) is 0 Å². The van der Waals surface area contributed by atoms with Crippen molar-refractivity contribution in [3.05, 3.63) is 35.4 Å². The average molecular weight is 310 g/mol. The Labute approximate surface area is 125 Å². The Hall–Kier alpha value is -2.71. The number of carbonyl (C=O) groups excluding carboxylic acids is 1. The second-order valence-electron chi connectivity index (χ2n) is 4.67. The number of hydrogen-bond acceptors (Lipinski definition) is 3. The van der Waals surface area contributed by atoms with Gasteiger partial charge in [0.25, 0.3) is 0 Å². The molecule has 1 aromatic rings. The lowest BCUT2D eigenvalue weighted by Gasteiger charge is -2.22. The number of halogens is 2. The molecule has 0 unspecified atom stereocenters. The van der Waals surface area contributed by atoms with E-state index in [0.29, 0.717) is 12.0 Å². The Bertz CT molecular complexity index is 586. The van der Waals surface area contributed by atoms with Crippen molar-refractivity contribution in [2.24, 2.45) is 10.8 Å². The molecule has 0 radical (unpaired) electrons. The van der Waals surface area contributed by atoms with Gasteiger partial charge in [-0.05, 0) is 17.7 Å². The third kappa shape index (κ3) is 3.90. The number of nitrogens with one attached hydrogen (secondary N) is 3. The highest BCUT2D eigenvalue weighted by atomic mass is 19.1. The lowest BCUT2D eigenvalue weighted by atomic mass is 10.0. The number of nitrogens with zero attached hydrogens (tertiary/aromatic N) is 2. The van der Waals surface area contributed by atoms with Crippen LogP contribution in [0.1, 0.15) is 18.0 Å². The van der Waals surface area contributed by atoms with Crippen LogP contribution in [0.2, 0.25) is 0 Å². The molecule has 0 saturated carbocycles. The summed E-state index contributed by atoms with van der Waals surface area (Å²) in [5.41, 5.74) is 5.45. The van der Waals surface area contributed by atoms with Crippen molar-refractivity contribution >= 4 is 18.2 Å². The van der Waals surface area contributed by atoms with Crippen LogP contribution < -0.4 is 16.4 Å². The molecule has 118 valence electrons. The summed E-state index contributed by atoms with van der Waals surface area (Å²) >= 11 is 0. The number of hydrazone groups is 1. The van der Waals surface area contributed by atoms with E-state index in [9.17, 15) is 13.6 Å². The fraction of sp³-hybridized carbons (Fsp3) is 0.308. The highest BCUT2D eigenvalue weighted by Crippen LogP contribution is 2.29. The average Bonchev–Trinajstić information content (AvgIpc) is 2.91. The molecule has 0 aromatic heterocycles. The molecule has 9 heteroatoms. The van der Waals surface area contributed by atoms with Crippen LogP contribution in [0.5, 0.6) is 0 Å². The van der Waals surface area contributed by atoms with E-state index in [1.165, 1.54) is 18.3 Å². The smallest absolute Gasteiger partial charge is 0.338 e. The van der Waals surface area contributed by atoms with Gasteiger partial charge < -0.3 is 16.4 Å². The van der Waals surface area contributed by atoms with Gasteiger partial charge in [-0.2, -0.15) is 5.10 Å². The highest BCUT2D eigenvalue weighted by molar-refractivity contribution is 5.78. The number of urea groups is 1. The molecule has 7 nitrogen and oxygen atoms in total. The molecule has 0 spiro atoms. The summed E-state index contributed by atoms with van der Waals surface area (Å²) in [4.78, 5) is 12.0. The van der Waals surface area contributed by atoms with Gasteiger partial charge in [0.15, 0.2) is 5.96 Å². The van der Waals surface area contributed by atoms with E-state index >= 15 is 0 Å². The predicted octanol–water partition coefficient (Wildman–Crippen LogP) is 0.890. The Morgan fingerprint density at radius 2 is 1.95 bits per heavy atom. The summed E-state index contributed by atoms with van der Waals surface area (Å²) in [7, 11) is 0. The quantitative estimate of drug-likeness (QED) is 0.377. The van der Waals surface area contributed by atoms with Gasteiger partial charge in [-0.15, -0.1) is 0 Å². The molecule has 0 fully saturated rings.